The summed E-state index contributed by atoms with van der Waals surface area (Å²) in [5.74, 6) is -1.08. The number of carboxylic acids is 1. The first-order valence-electron chi connectivity index (χ1n) is 4.17. The number of rotatable bonds is 3. The van der Waals surface area contributed by atoms with Gasteiger partial charge in [-0.15, -0.1) is 0 Å². The second kappa shape index (κ2) is 4.20. The van der Waals surface area contributed by atoms with Gasteiger partial charge in [0.1, 0.15) is 0 Å². The van der Waals surface area contributed by atoms with Gasteiger partial charge in [0.15, 0.2) is 0 Å². The molecule has 82 valence electrons. The van der Waals surface area contributed by atoms with Crippen molar-refractivity contribution in [3.8, 4) is 0 Å². The number of nitrogens with two attached hydrogens (primary N) is 1. The van der Waals surface area contributed by atoms with Crippen LogP contribution in [-0.4, -0.2) is 16.1 Å². The zero-order valence-electron chi connectivity index (χ0n) is 8.00. The van der Waals surface area contributed by atoms with Gasteiger partial charge < -0.3 is 10.8 Å². The number of nitrogen functional groups attached to an aromatic ring is 1. The second-order valence-electron chi connectivity index (χ2n) is 3.07. The van der Waals surface area contributed by atoms with E-state index in [9.17, 15) is 13.6 Å². The predicted molar refractivity (Wildman–Crippen MR) is 49.7 cm³/mol. The quantitative estimate of drug-likeness (QED) is 0.803. The summed E-state index contributed by atoms with van der Waals surface area (Å²) in [6.07, 6.45) is -3.02. The average Bonchev–Trinajstić information content (AvgIpc) is 1.99. The lowest BCUT2D eigenvalue weighted by molar-refractivity contribution is -0.136. The molecular formula is C9H10F2N2O2. The Labute approximate surface area is 84.7 Å². The van der Waals surface area contributed by atoms with Crippen molar-refractivity contribution in [2.24, 2.45) is 0 Å². The molecule has 0 saturated carbocycles. The van der Waals surface area contributed by atoms with Crippen LogP contribution in [0.25, 0.3) is 0 Å². The van der Waals surface area contributed by atoms with Gasteiger partial charge in [-0.1, -0.05) is 0 Å². The van der Waals surface area contributed by atoms with Crippen molar-refractivity contribution in [1.29, 1.82) is 0 Å². The van der Waals surface area contributed by atoms with Crippen molar-refractivity contribution >= 4 is 11.7 Å². The summed E-state index contributed by atoms with van der Waals surface area (Å²) >= 11 is 0. The third-order valence-corrected chi connectivity index (χ3v) is 1.88. The van der Waals surface area contributed by atoms with E-state index in [2.05, 4.69) is 4.98 Å². The second-order valence-corrected chi connectivity index (χ2v) is 3.07. The van der Waals surface area contributed by atoms with Crippen LogP contribution in [0.2, 0.25) is 0 Å². The fraction of sp³-hybridized carbons (Fsp3) is 0.333. The molecule has 1 aromatic rings. The van der Waals surface area contributed by atoms with Crippen molar-refractivity contribution in [2.45, 2.75) is 19.8 Å². The van der Waals surface area contributed by atoms with Crippen LogP contribution in [-0.2, 0) is 11.2 Å². The highest BCUT2D eigenvalue weighted by atomic mass is 19.3. The first kappa shape index (κ1) is 11.4. The summed E-state index contributed by atoms with van der Waals surface area (Å²) in [5, 5.41) is 8.50. The lowest BCUT2D eigenvalue weighted by Crippen LogP contribution is -2.07. The molecule has 0 radical (unpaired) electrons. The van der Waals surface area contributed by atoms with E-state index in [1.54, 1.807) is 0 Å². The maximum atomic E-state index is 12.4. The van der Waals surface area contributed by atoms with Crippen LogP contribution in [0, 0.1) is 6.92 Å². The van der Waals surface area contributed by atoms with E-state index < -0.39 is 12.4 Å². The molecule has 0 fully saturated rings. The summed E-state index contributed by atoms with van der Waals surface area (Å²) in [6.45, 7) is 1.38. The molecular weight excluding hydrogens is 206 g/mol. The van der Waals surface area contributed by atoms with Gasteiger partial charge in [0.25, 0.3) is 6.43 Å². The molecule has 4 nitrogen and oxygen atoms in total. The molecule has 6 heteroatoms. The maximum Gasteiger partial charge on any atom is 0.309 e. The Balaban J connectivity index is 3.13. The molecule has 0 atom stereocenters. The van der Waals surface area contributed by atoms with Crippen molar-refractivity contribution < 1.29 is 18.7 Å². The molecule has 3 N–H and O–H groups in total. The first-order valence-corrected chi connectivity index (χ1v) is 4.17. The Morgan fingerprint density at radius 1 is 1.67 bits per heavy atom. The fourth-order valence-electron chi connectivity index (χ4n) is 1.30. The van der Waals surface area contributed by atoms with Gasteiger partial charge in [0, 0.05) is 11.4 Å². The van der Waals surface area contributed by atoms with Crippen LogP contribution >= 0.6 is 0 Å². The molecule has 0 bridgehead atoms. The largest absolute Gasteiger partial charge is 0.481 e. The number of halogens is 2. The topological polar surface area (TPSA) is 76.2 Å². The van der Waals surface area contributed by atoms with Crippen LogP contribution in [0.3, 0.4) is 0 Å². The van der Waals surface area contributed by atoms with E-state index in [1.165, 1.54) is 13.0 Å². The van der Waals surface area contributed by atoms with Crippen LogP contribution in [0.15, 0.2) is 6.07 Å². The van der Waals surface area contributed by atoms with Crippen molar-refractivity contribution in [3.63, 3.8) is 0 Å². The summed E-state index contributed by atoms with van der Waals surface area (Å²) in [6, 6.07) is 1.17. The number of carboxylic acid groups (broad SMARTS) is 1. The Bertz CT molecular complexity index is 371. The minimum Gasteiger partial charge on any atom is -0.481 e. The Kier molecular flexibility index (Phi) is 3.18. The molecule has 15 heavy (non-hydrogen) atoms. The molecule has 0 aliphatic rings. The van der Waals surface area contributed by atoms with E-state index >= 15 is 0 Å². The van der Waals surface area contributed by atoms with E-state index in [-0.39, 0.29) is 29.1 Å². The monoisotopic (exact) mass is 216 g/mol. The summed E-state index contributed by atoms with van der Waals surface area (Å²) in [5.41, 5.74) is 5.19. The molecule has 0 spiro atoms. The Hall–Kier alpha value is -1.72. The highest BCUT2D eigenvalue weighted by molar-refractivity contribution is 5.70. The summed E-state index contributed by atoms with van der Waals surface area (Å²) < 4.78 is 24.9. The lowest BCUT2D eigenvalue weighted by Gasteiger charge is -2.09. The van der Waals surface area contributed by atoms with Crippen molar-refractivity contribution in [2.75, 3.05) is 5.73 Å². The summed E-state index contributed by atoms with van der Waals surface area (Å²) in [7, 11) is 0. The average molecular weight is 216 g/mol. The third-order valence-electron chi connectivity index (χ3n) is 1.88. The fourth-order valence-corrected chi connectivity index (χ4v) is 1.30. The summed E-state index contributed by atoms with van der Waals surface area (Å²) in [4.78, 5) is 14.1. The van der Waals surface area contributed by atoms with Gasteiger partial charge in [0.2, 0.25) is 0 Å². The van der Waals surface area contributed by atoms with Gasteiger partial charge in [-0.2, -0.15) is 0 Å². The van der Waals surface area contributed by atoms with Gasteiger partial charge in [-0.3, -0.25) is 9.78 Å². The van der Waals surface area contributed by atoms with E-state index in [0.717, 1.165) is 0 Å². The Morgan fingerprint density at radius 3 is 2.67 bits per heavy atom. The molecule has 0 saturated heterocycles. The normalized spacial score (nSPS) is 10.7. The van der Waals surface area contributed by atoms with Crippen LogP contribution in [0.5, 0.6) is 0 Å². The highest BCUT2D eigenvalue weighted by Gasteiger charge is 2.17. The number of hydrogen-bond donors (Lipinski definition) is 2. The van der Waals surface area contributed by atoms with Gasteiger partial charge in [-0.25, -0.2) is 8.78 Å². The molecule has 0 unspecified atom stereocenters. The number of alkyl halides is 2. The van der Waals surface area contributed by atoms with Gasteiger partial charge >= 0.3 is 5.97 Å². The molecule has 0 amide bonds. The standard InChI is InChI=1S/C9H10F2N2O2/c1-4-8(9(10)11)6(12)2-5(13-4)3-7(14)15/h2,9H,3H2,1H3,(H2,12,13)(H,14,15). The van der Waals surface area contributed by atoms with E-state index in [1.807, 2.05) is 0 Å². The lowest BCUT2D eigenvalue weighted by atomic mass is 10.1. The number of nitrogens with zero attached hydrogens (tertiary/aromatic N) is 1. The molecule has 1 aromatic heterocycles. The van der Waals surface area contributed by atoms with Crippen molar-refractivity contribution in [3.05, 3.63) is 23.0 Å². The minimum atomic E-state index is -2.70. The number of aryl methyl sites for hydroxylation is 1. The van der Waals surface area contributed by atoms with E-state index in [4.69, 9.17) is 10.8 Å². The van der Waals surface area contributed by atoms with Crippen LogP contribution in [0.1, 0.15) is 23.4 Å². The van der Waals surface area contributed by atoms with Crippen LogP contribution < -0.4 is 5.73 Å². The number of anilines is 1. The number of aliphatic carboxylic acids is 1. The number of carbonyl (C=O) groups is 1. The number of hydrogen-bond acceptors (Lipinski definition) is 3. The number of pyridine rings is 1. The highest BCUT2D eigenvalue weighted by Crippen LogP contribution is 2.27. The maximum absolute atomic E-state index is 12.4. The van der Waals surface area contributed by atoms with Gasteiger partial charge in [-0.05, 0) is 13.0 Å². The SMILES string of the molecule is Cc1nc(CC(=O)O)cc(N)c1C(F)F. The molecule has 0 aliphatic carbocycles. The smallest absolute Gasteiger partial charge is 0.309 e. The molecule has 1 heterocycles. The van der Waals surface area contributed by atoms with Gasteiger partial charge in [0.05, 0.1) is 17.7 Å². The first-order chi connectivity index (χ1) is 6.91. The molecule has 0 aromatic carbocycles. The zero-order valence-corrected chi connectivity index (χ0v) is 8.00. The van der Waals surface area contributed by atoms with E-state index in [0.29, 0.717) is 0 Å². The number of aromatic nitrogens is 1. The zero-order chi connectivity index (χ0) is 11.6. The molecule has 1 rings (SSSR count). The predicted octanol–water partition coefficient (Wildman–Crippen LogP) is 1.54. The third kappa shape index (κ3) is 2.61. The Morgan fingerprint density at radius 2 is 2.27 bits per heavy atom. The van der Waals surface area contributed by atoms with Crippen LogP contribution in [0.4, 0.5) is 14.5 Å². The van der Waals surface area contributed by atoms with Crippen molar-refractivity contribution in [1.82, 2.24) is 4.98 Å². The minimum absolute atomic E-state index is 0.0706. The molecule has 0 aliphatic heterocycles.